The van der Waals surface area contributed by atoms with Crippen molar-refractivity contribution in [1.82, 2.24) is 4.90 Å². The number of amides is 1. The molecule has 3 rings (SSSR count). The molecule has 1 aliphatic heterocycles. The lowest BCUT2D eigenvalue weighted by molar-refractivity contribution is -0.139. The Morgan fingerprint density at radius 1 is 1.29 bits per heavy atom. The predicted molar refractivity (Wildman–Crippen MR) is 92.9 cm³/mol. The third kappa shape index (κ3) is 3.80. The SMILES string of the molecule is Cc1cc(C(C)(C)C)ccc1OC(=O)C1CC(=O)N(CC2CC2)C1. The molecule has 1 aromatic carbocycles. The maximum Gasteiger partial charge on any atom is 0.316 e. The molecule has 24 heavy (non-hydrogen) atoms. The van der Waals surface area contributed by atoms with Crippen molar-refractivity contribution in [2.75, 3.05) is 13.1 Å². The van der Waals surface area contributed by atoms with Crippen LogP contribution in [0.15, 0.2) is 18.2 Å². The van der Waals surface area contributed by atoms with Crippen LogP contribution in [0.25, 0.3) is 0 Å². The van der Waals surface area contributed by atoms with Crippen LogP contribution in [0.2, 0.25) is 0 Å². The van der Waals surface area contributed by atoms with Gasteiger partial charge in [-0.2, -0.15) is 0 Å². The van der Waals surface area contributed by atoms with Gasteiger partial charge in [-0.05, 0) is 48.3 Å². The highest BCUT2D eigenvalue weighted by Crippen LogP contribution is 2.33. The molecule has 0 aromatic heterocycles. The van der Waals surface area contributed by atoms with Gasteiger partial charge >= 0.3 is 5.97 Å². The van der Waals surface area contributed by atoms with Crippen molar-refractivity contribution in [2.45, 2.75) is 52.4 Å². The zero-order valence-corrected chi connectivity index (χ0v) is 15.1. The summed E-state index contributed by atoms with van der Waals surface area (Å²) in [6.45, 7) is 9.75. The van der Waals surface area contributed by atoms with E-state index in [1.807, 2.05) is 24.0 Å². The monoisotopic (exact) mass is 329 g/mol. The molecule has 1 atom stereocenters. The number of hydrogen-bond donors (Lipinski definition) is 0. The largest absolute Gasteiger partial charge is 0.426 e. The Bertz CT molecular complexity index is 655. The number of hydrogen-bond acceptors (Lipinski definition) is 3. The Balaban J connectivity index is 1.63. The lowest BCUT2D eigenvalue weighted by atomic mass is 9.86. The van der Waals surface area contributed by atoms with E-state index in [-0.39, 0.29) is 29.6 Å². The second kappa shape index (κ2) is 6.23. The molecule has 4 heteroatoms. The molecular formula is C20H27NO3. The summed E-state index contributed by atoms with van der Waals surface area (Å²) in [6.07, 6.45) is 2.70. The molecule has 1 aromatic rings. The third-order valence-corrected chi connectivity index (χ3v) is 4.97. The summed E-state index contributed by atoms with van der Waals surface area (Å²) in [6, 6.07) is 5.95. The van der Waals surface area contributed by atoms with E-state index in [0.29, 0.717) is 18.2 Å². The van der Waals surface area contributed by atoms with E-state index in [2.05, 4.69) is 26.8 Å². The number of esters is 1. The molecule has 1 saturated heterocycles. The number of likely N-dealkylation sites (tertiary alicyclic amines) is 1. The highest BCUT2D eigenvalue weighted by molar-refractivity contribution is 5.87. The van der Waals surface area contributed by atoms with Gasteiger partial charge in [-0.25, -0.2) is 0 Å². The number of rotatable bonds is 4. The van der Waals surface area contributed by atoms with Gasteiger partial charge in [0.15, 0.2) is 0 Å². The molecule has 1 saturated carbocycles. The average Bonchev–Trinajstić information content (AvgIpc) is 3.23. The Hall–Kier alpha value is -1.84. The first-order valence-corrected chi connectivity index (χ1v) is 8.84. The van der Waals surface area contributed by atoms with E-state index in [1.165, 1.54) is 18.4 Å². The summed E-state index contributed by atoms with van der Waals surface area (Å²) in [5, 5.41) is 0. The summed E-state index contributed by atoms with van der Waals surface area (Å²) >= 11 is 0. The number of aryl methyl sites for hydroxylation is 1. The smallest absolute Gasteiger partial charge is 0.316 e. The zero-order chi connectivity index (χ0) is 17.5. The van der Waals surface area contributed by atoms with Gasteiger partial charge in [0.2, 0.25) is 5.91 Å². The summed E-state index contributed by atoms with van der Waals surface area (Å²) < 4.78 is 5.60. The quantitative estimate of drug-likeness (QED) is 0.628. The maximum atomic E-state index is 12.4. The third-order valence-electron chi connectivity index (χ3n) is 4.97. The van der Waals surface area contributed by atoms with E-state index in [4.69, 9.17) is 4.74 Å². The van der Waals surface area contributed by atoms with Gasteiger partial charge in [-0.15, -0.1) is 0 Å². The van der Waals surface area contributed by atoms with Crippen molar-refractivity contribution in [2.24, 2.45) is 11.8 Å². The second-order valence-electron chi connectivity index (χ2n) is 8.29. The summed E-state index contributed by atoms with van der Waals surface area (Å²) in [5.41, 5.74) is 2.23. The minimum absolute atomic E-state index is 0.0640. The van der Waals surface area contributed by atoms with Crippen molar-refractivity contribution in [3.63, 3.8) is 0 Å². The number of carbonyl (C=O) groups is 2. The summed E-state index contributed by atoms with van der Waals surface area (Å²) in [4.78, 5) is 26.3. The Kier molecular flexibility index (Phi) is 4.41. The second-order valence-corrected chi connectivity index (χ2v) is 8.29. The van der Waals surface area contributed by atoms with Gasteiger partial charge in [0.1, 0.15) is 5.75 Å². The standard InChI is InChI=1S/C20H27NO3/c1-13-9-16(20(2,3)4)7-8-17(13)24-19(23)15-10-18(22)21(12-15)11-14-5-6-14/h7-9,14-15H,5-6,10-12H2,1-4H3. The Morgan fingerprint density at radius 2 is 2.00 bits per heavy atom. The normalized spacial score (nSPS) is 21.2. The van der Waals surface area contributed by atoms with E-state index in [0.717, 1.165) is 12.1 Å². The van der Waals surface area contributed by atoms with E-state index in [1.54, 1.807) is 0 Å². The molecule has 0 N–H and O–H groups in total. The van der Waals surface area contributed by atoms with E-state index in [9.17, 15) is 9.59 Å². The molecule has 130 valence electrons. The Morgan fingerprint density at radius 3 is 2.58 bits per heavy atom. The summed E-state index contributed by atoms with van der Waals surface area (Å²) in [7, 11) is 0. The van der Waals surface area contributed by atoms with Gasteiger partial charge in [0.05, 0.1) is 5.92 Å². The number of benzene rings is 1. The minimum atomic E-state index is -0.335. The fourth-order valence-corrected chi connectivity index (χ4v) is 3.14. The van der Waals surface area contributed by atoms with Crippen LogP contribution in [0.3, 0.4) is 0 Å². The first-order chi connectivity index (χ1) is 11.2. The maximum absolute atomic E-state index is 12.4. The molecule has 0 bridgehead atoms. The van der Waals surface area contributed by atoms with Crippen LogP contribution >= 0.6 is 0 Å². The van der Waals surface area contributed by atoms with Gasteiger partial charge in [0.25, 0.3) is 0 Å². The fraction of sp³-hybridized carbons (Fsp3) is 0.600. The van der Waals surface area contributed by atoms with Crippen molar-refractivity contribution in [3.8, 4) is 5.75 Å². The van der Waals surface area contributed by atoms with Gasteiger partial charge in [-0.1, -0.05) is 32.9 Å². The number of nitrogens with zero attached hydrogens (tertiary/aromatic N) is 1. The molecule has 1 unspecified atom stereocenters. The highest BCUT2D eigenvalue weighted by atomic mass is 16.5. The first-order valence-electron chi connectivity index (χ1n) is 8.84. The van der Waals surface area contributed by atoms with Crippen LogP contribution < -0.4 is 4.74 Å². The van der Waals surface area contributed by atoms with Crippen molar-refractivity contribution in [3.05, 3.63) is 29.3 Å². The molecule has 1 aliphatic carbocycles. The van der Waals surface area contributed by atoms with Gasteiger partial charge in [-0.3, -0.25) is 9.59 Å². The highest BCUT2D eigenvalue weighted by Gasteiger charge is 2.38. The molecule has 1 heterocycles. The van der Waals surface area contributed by atoms with Crippen LogP contribution in [0.4, 0.5) is 0 Å². The van der Waals surface area contributed by atoms with Crippen molar-refractivity contribution >= 4 is 11.9 Å². The van der Waals surface area contributed by atoms with Crippen LogP contribution in [0.1, 0.15) is 51.2 Å². The Labute approximate surface area is 144 Å². The molecule has 1 amide bonds. The molecule has 4 nitrogen and oxygen atoms in total. The van der Waals surface area contributed by atoms with Gasteiger partial charge < -0.3 is 9.64 Å². The topological polar surface area (TPSA) is 46.6 Å². The van der Waals surface area contributed by atoms with Crippen LogP contribution in [-0.2, 0) is 15.0 Å². The predicted octanol–water partition coefficient (Wildman–Crippen LogP) is 3.46. The summed E-state index contributed by atoms with van der Waals surface area (Å²) in [5.74, 6) is 0.715. The first kappa shape index (κ1) is 17.0. The molecule has 2 aliphatic rings. The van der Waals surface area contributed by atoms with E-state index >= 15 is 0 Å². The number of carbonyl (C=O) groups excluding carboxylic acids is 2. The zero-order valence-electron chi connectivity index (χ0n) is 15.1. The molecular weight excluding hydrogens is 302 g/mol. The molecule has 2 fully saturated rings. The van der Waals surface area contributed by atoms with Crippen LogP contribution in [0, 0.1) is 18.8 Å². The minimum Gasteiger partial charge on any atom is -0.426 e. The van der Waals surface area contributed by atoms with Crippen LogP contribution in [-0.4, -0.2) is 29.9 Å². The lowest BCUT2D eigenvalue weighted by Gasteiger charge is -2.20. The number of ether oxygens (including phenoxy) is 1. The fourth-order valence-electron chi connectivity index (χ4n) is 3.14. The van der Waals surface area contributed by atoms with Gasteiger partial charge in [0, 0.05) is 19.5 Å². The molecule has 0 radical (unpaired) electrons. The van der Waals surface area contributed by atoms with Crippen molar-refractivity contribution in [1.29, 1.82) is 0 Å². The van der Waals surface area contributed by atoms with Crippen molar-refractivity contribution < 1.29 is 14.3 Å². The lowest BCUT2D eigenvalue weighted by Crippen LogP contribution is -2.29. The molecule has 0 spiro atoms. The van der Waals surface area contributed by atoms with Crippen LogP contribution in [0.5, 0.6) is 5.75 Å². The average molecular weight is 329 g/mol. The van der Waals surface area contributed by atoms with E-state index < -0.39 is 0 Å².